The average molecular weight is 521 g/mol. The zero-order valence-electron chi connectivity index (χ0n) is 19.4. The monoisotopic (exact) mass is 520 g/mol. The average Bonchev–Trinajstić information content (AvgIpc) is 2.87. The predicted octanol–water partition coefficient (Wildman–Crippen LogP) is 6.53. The van der Waals surface area contributed by atoms with Gasteiger partial charge < -0.3 is 19.5 Å². The van der Waals surface area contributed by atoms with Gasteiger partial charge >= 0.3 is 0 Å². The van der Waals surface area contributed by atoms with E-state index in [2.05, 4.69) is 11.2 Å². The Labute approximate surface area is 220 Å². The number of halogens is 2. The van der Waals surface area contributed by atoms with E-state index in [0.29, 0.717) is 46.7 Å². The summed E-state index contributed by atoms with van der Waals surface area (Å²) in [5, 5.41) is 13.2. The van der Waals surface area contributed by atoms with E-state index in [1.165, 1.54) is 6.08 Å². The Bertz CT molecular complexity index is 1320. The van der Waals surface area contributed by atoms with E-state index in [1.807, 2.05) is 25.1 Å². The smallest absolute Gasteiger partial charge is 0.266 e. The lowest BCUT2D eigenvalue weighted by molar-refractivity contribution is -0.112. The molecule has 3 aromatic carbocycles. The van der Waals surface area contributed by atoms with Gasteiger partial charge in [-0.1, -0.05) is 41.3 Å². The minimum Gasteiger partial charge on any atom is -0.490 e. The maximum Gasteiger partial charge on any atom is 0.266 e. The first-order valence-corrected chi connectivity index (χ1v) is 11.6. The van der Waals surface area contributed by atoms with Crippen LogP contribution in [0, 0.1) is 23.7 Å². The van der Waals surface area contributed by atoms with E-state index in [-0.39, 0.29) is 17.2 Å². The highest BCUT2D eigenvalue weighted by molar-refractivity contribution is 6.32. The maximum absolute atomic E-state index is 12.7. The Morgan fingerprint density at radius 1 is 1.06 bits per heavy atom. The number of rotatable bonds is 10. The van der Waals surface area contributed by atoms with Crippen molar-refractivity contribution in [1.82, 2.24) is 0 Å². The highest BCUT2D eigenvalue weighted by Crippen LogP contribution is 2.37. The van der Waals surface area contributed by atoms with E-state index in [4.69, 9.17) is 43.8 Å². The quantitative estimate of drug-likeness (QED) is 0.187. The highest BCUT2D eigenvalue weighted by Gasteiger charge is 2.15. The number of nitrogens with zero attached hydrogens (tertiary/aromatic N) is 1. The summed E-state index contributed by atoms with van der Waals surface area (Å²) >= 11 is 12.2. The van der Waals surface area contributed by atoms with Crippen LogP contribution in [0.1, 0.15) is 18.1 Å². The molecule has 0 aromatic heterocycles. The number of hydrogen-bond acceptors (Lipinski definition) is 5. The molecule has 0 unspecified atom stereocenters. The second kappa shape index (κ2) is 13.1. The first kappa shape index (κ1) is 26.5. The Morgan fingerprint density at radius 2 is 1.78 bits per heavy atom. The van der Waals surface area contributed by atoms with E-state index in [1.54, 1.807) is 48.5 Å². The van der Waals surface area contributed by atoms with Gasteiger partial charge in [0, 0.05) is 10.7 Å². The third-order valence-electron chi connectivity index (χ3n) is 4.74. The number of ether oxygens (including phenoxy) is 3. The number of nitrogens with one attached hydrogen (secondary N) is 1. The normalized spacial score (nSPS) is 10.6. The van der Waals surface area contributed by atoms with Gasteiger partial charge in [0.15, 0.2) is 11.5 Å². The summed E-state index contributed by atoms with van der Waals surface area (Å²) in [7, 11) is 0. The largest absolute Gasteiger partial charge is 0.490 e. The molecule has 0 heterocycles. The van der Waals surface area contributed by atoms with Crippen molar-refractivity contribution in [3.63, 3.8) is 0 Å². The number of anilines is 1. The van der Waals surface area contributed by atoms with Crippen LogP contribution in [-0.4, -0.2) is 19.1 Å². The number of amides is 1. The van der Waals surface area contributed by atoms with E-state index < -0.39 is 5.91 Å². The first-order chi connectivity index (χ1) is 17.4. The standard InChI is InChI=1S/C28H22Cl2N2O4/c1-3-13-35-27-25(30)15-20(16-26(27)34-4-2)14-21(17-31)28(33)32-23-9-11-24(12-10-23)36-18-19-5-7-22(29)8-6-19/h1,5-12,14-16H,4,13,18H2,2H3,(H,32,33)/b21-14+. The summed E-state index contributed by atoms with van der Waals surface area (Å²) in [5.41, 5.74) is 1.86. The summed E-state index contributed by atoms with van der Waals surface area (Å²) in [6.45, 7) is 2.57. The summed E-state index contributed by atoms with van der Waals surface area (Å²) < 4.78 is 16.8. The van der Waals surface area contributed by atoms with Crippen molar-refractivity contribution in [2.45, 2.75) is 13.5 Å². The van der Waals surface area contributed by atoms with Gasteiger partial charge in [-0.25, -0.2) is 0 Å². The lowest BCUT2D eigenvalue weighted by Gasteiger charge is -2.13. The van der Waals surface area contributed by atoms with Crippen LogP contribution < -0.4 is 19.5 Å². The number of carbonyl (C=O) groups excluding carboxylic acids is 1. The molecule has 3 rings (SSSR count). The van der Waals surface area contributed by atoms with Crippen LogP contribution in [0.25, 0.3) is 6.08 Å². The van der Waals surface area contributed by atoms with E-state index >= 15 is 0 Å². The zero-order chi connectivity index (χ0) is 25.9. The molecule has 3 aromatic rings. The van der Waals surface area contributed by atoms with Gasteiger partial charge in [-0.05, 0) is 72.7 Å². The molecule has 1 amide bonds. The van der Waals surface area contributed by atoms with Crippen molar-refractivity contribution in [3.8, 4) is 35.7 Å². The van der Waals surface area contributed by atoms with E-state index in [9.17, 15) is 10.1 Å². The van der Waals surface area contributed by atoms with Crippen LogP contribution in [0.5, 0.6) is 17.2 Å². The van der Waals surface area contributed by atoms with Crippen LogP contribution >= 0.6 is 23.2 Å². The van der Waals surface area contributed by atoms with E-state index in [0.717, 1.165) is 5.56 Å². The predicted molar refractivity (Wildman–Crippen MR) is 141 cm³/mol. The molecule has 0 aliphatic carbocycles. The minimum atomic E-state index is -0.575. The van der Waals surface area contributed by atoms with Crippen molar-refractivity contribution in [3.05, 3.63) is 87.4 Å². The fourth-order valence-electron chi connectivity index (χ4n) is 3.08. The number of hydrogen-bond donors (Lipinski definition) is 1. The van der Waals surface area contributed by atoms with Gasteiger partial charge in [0.05, 0.1) is 11.6 Å². The third kappa shape index (κ3) is 7.45. The van der Waals surface area contributed by atoms with Gasteiger partial charge in [0.1, 0.15) is 30.6 Å². The molecule has 0 fully saturated rings. The summed E-state index contributed by atoms with van der Waals surface area (Å²) in [5.74, 6) is 3.08. The van der Waals surface area contributed by atoms with Crippen molar-refractivity contribution < 1.29 is 19.0 Å². The summed E-state index contributed by atoms with van der Waals surface area (Å²) in [4.78, 5) is 12.7. The number of benzene rings is 3. The topological polar surface area (TPSA) is 80.6 Å². The Balaban J connectivity index is 1.69. The van der Waals surface area contributed by atoms with Crippen LogP contribution in [0.4, 0.5) is 5.69 Å². The zero-order valence-corrected chi connectivity index (χ0v) is 20.9. The summed E-state index contributed by atoms with van der Waals surface area (Å²) in [6, 6.07) is 19.3. The van der Waals surface area contributed by atoms with Crippen LogP contribution in [0.3, 0.4) is 0 Å². The summed E-state index contributed by atoms with van der Waals surface area (Å²) in [6.07, 6.45) is 6.67. The van der Waals surface area contributed by atoms with Gasteiger partial charge in [0.25, 0.3) is 5.91 Å². The molecule has 0 spiro atoms. The van der Waals surface area contributed by atoms with Crippen molar-refractivity contribution >= 4 is 40.9 Å². The molecule has 0 saturated carbocycles. The van der Waals surface area contributed by atoms with Crippen LogP contribution in [-0.2, 0) is 11.4 Å². The molecular formula is C28H22Cl2N2O4. The maximum atomic E-state index is 12.7. The molecule has 6 nitrogen and oxygen atoms in total. The Morgan fingerprint density at radius 3 is 2.42 bits per heavy atom. The molecule has 182 valence electrons. The minimum absolute atomic E-state index is 0.0196. The van der Waals surface area contributed by atoms with Gasteiger partial charge in [-0.15, -0.1) is 6.42 Å². The molecule has 8 heteroatoms. The SMILES string of the molecule is C#CCOc1c(Cl)cc(/C=C(\C#N)C(=O)Nc2ccc(OCc3ccc(Cl)cc3)cc2)cc1OCC. The van der Waals surface area contributed by atoms with Crippen molar-refractivity contribution in [2.75, 3.05) is 18.5 Å². The van der Waals surface area contributed by atoms with Crippen LogP contribution in [0.15, 0.2) is 66.2 Å². The molecule has 36 heavy (non-hydrogen) atoms. The van der Waals surface area contributed by atoms with Crippen molar-refractivity contribution in [1.29, 1.82) is 5.26 Å². The first-order valence-electron chi connectivity index (χ1n) is 10.9. The number of carbonyl (C=O) groups is 1. The molecule has 0 radical (unpaired) electrons. The molecular weight excluding hydrogens is 499 g/mol. The lowest BCUT2D eigenvalue weighted by atomic mass is 10.1. The number of terminal acetylenes is 1. The fourth-order valence-corrected chi connectivity index (χ4v) is 3.48. The lowest BCUT2D eigenvalue weighted by Crippen LogP contribution is -2.13. The third-order valence-corrected chi connectivity index (χ3v) is 5.27. The molecule has 1 N–H and O–H groups in total. The molecule has 0 aliphatic rings. The van der Waals surface area contributed by atoms with Gasteiger partial charge in [0.2, 0.25) is 0 Å². The molecule has 0 atom stereocenters. The van der Waals surface area contributed by atoms with Crippen molar-refractivity contribution in [2.24, 2.45) is 0 Å². The molecule has 0 saturated heterocycles. The van der Waals surface area contributed by atoms with Gasteiger partial charge in [-0.3, -0.25) is 4.79 Å². The second-order valence-electron chi connectivity index (χ2n) is 7.32. The Kier molecular flexibility index (Phi) is 9.65. The Hall–Kier alpha value is -4.10. The fraction of sp³-hybridized carbons (Fsp3) is 0.143. The molecule has 0 bridgehead atoms. The second-order valence-corrected chi connectivity index (χ2v) is 8.16. The highest BCUT2D eigenvalue weighted by atomic mass is 35.5. The van der Waals surface area contributed by atoms with Crippen LogP contribution in [0.2, 0.25) is 10.0 Å². The van der Waals surface area contributed by atoms with Gasteiger partial charge in [-0.2, -0.15) is 5.26 Å². The number of nitriles is 1. The molecule has 0 aliphatic heterocycles.